The third-order valence-electron chi connectivity index (χ3n) is 4.29. The van der Waals surface area contributed by atoms with E-state index < -0.39 is 0 Å². The molecule has 1 saturated heterocycles. The number of ether oxygens (including phenoxy) is 1. The summed E-state index contributed by atoms with van der Waals surface area (Å²) in [5.41, 5.74) is 7.36. The van der Waals surface area contributed by atoms with Crippen LogP contribution in [0.25, 0.3) is 11.3 Å². The molecule has 2 heterocycles. The number of likely N-dealkylation sites (tertiary alicyclic amines) is 1. The van der Waals surface area contributed by atoms with Crippen molar-refractivity contribution in [2.45, 2.75) is 19.8 Å². The van der Waals surface area contributed by atoms with E-state index in [0.29, 0.717) is 28.9 Å². The maximum Gasteiger partial charge on any atom is 0.289 e. The number of benzene rings is 1. The van der Waals surface area contributed by atoms with Gasteiger partial charge >= 0.3 is 0 Å². The van der Waals surface area contributed by atoms with Crippen LogP contribution in [0.2, 0.25) is 0 Å². The van der Waals surface area contributed by atoms with Gasteiger partial charge in [0.2, 0.25) is 0 Å². The molecule has 23 heavy (non-hydrogen) atoms. The highest BCUT2D eigenvalue weighted by Gasteiger charge is 2.24. The summed E-state index contributed by atoms with van der Waals surface area (Å²) < 4.78 is 10.9. The number of rotatable bonds is 3. The number of carbonyl (C=O) groups is 1. The molecule has 0 aliphatic carbocycles. The molecular weight excluding hydrogens is 292 g/mol. The second kappa shape index (κ2) is 6.36. The molecule has 2 N–H and O–H groups in total. The van der Waals surface area contributed by atoms with Gasteiger partial charge in [-0.1, -0.05) is 6.92 Å². The van der Waals surface area contributed by atoms with Gasteiger partial charge in [-0.3, -0.25) is 4.79 Å². The van der Waals surface area contributed by atoms with E-state index in [0.717, 1.165) is 25.1 Å². The summed E-state index contributed by atoms with van der Waals surface area (Å²) in [6.07, 6.45) is 2.22. The van der Waals surface area contributed by atoms with Crippen LogP contribution in [0.5, 0.6) is 5.75 Å². The summed E-state index contributed by atoms with van der Waals surface area (Å²) in [6, 6.07) is 8.91. The molecular formula is C18H22N2O3. The SMILES string of the molecule is COc1ccc(-c2ccc(C(=O)N3CCC[C@H](C)C3)o2)c(N)c1. The molecule has 5 heteroatoms. The molecule has 3 rings (SSSR count). The summed E-state index contributed by atoms with van der Waals surface area (Å²) in [5.74, 6) is 2.15. The van der Waals surface area contributed by atoms with E-state index in [4.69, 9.17) is 14.9 Å². The zero-order valence-electron chi connectivity index (χ0n) is 13.5. The molecule has 1 aromatic carbocycles. The Labute approximate surface area is 136 Å². The summed E-state index contributed by atoms with van der Waals surface area (Å²) in [7, 11) is 1.59. The van der Waals surface area contributed by atoms with Gasteiger partial charge in [0.05, 0.1) is 7.11 Å². The molecule has 0 bridgehead atoms. The highest BCUT2D eigenvalue weighted by atomic mass is 16.5. The lowest BCUT2D eigenvalue weighted by Crippen LogP contribution is -2.38. The van der Waals surface area contributed by atoms with Crippen LogP contribution < -0.4 is 10.5 Å². The fourth-order valence-electron chi connectivity index (χ4n) is 3.02. The lowest BCUT2D eigenvalue weighted by atomic mass is 10.0. The quantitative estimate of drug-likeness (QED) is 0.882. The van der Waals surface area contributed by atoms with E-state index in [2.05, 4.69) is 6.92 Å². The lowest BCUT2D eigenvalue weighted by Gasteiger charge is -2.30. The minimum Gasteiger partial charge on any atom is -0.497 e. The lowest BCUT2D eigenvalue weighted by molar-refractivity contribution is 0.0652. The van der Waals surface area contributed by atoms with E-state index in [9.17, 15) is 4.79 Å². The third-order valence-corrected chi connectivity index (χ3v) is 4.29. The van der Waals surface area contributed by atoms with Gasteiger partial charge in [0.25, 0.3) is 5.91 Å². The number of carbonyl (C=O) groups excluding carboxylic acids is 1. The number of nitrogens with two attached hydrogens (primary N) is 1. The molecule has 1 aliphatic heterocycles. The first-order chi connectivity index (χ1) is 11.1. The first kappa shape index (κ1) is 15.5. The molecule has 0 radical (unpaired) electrons. The van der Waals surface area contributed by atoms with Crippen LogP contribution in [0.1, 0.15) is 30.3 Å². The van der Waals surface area contributed by atoms with Gasteiger partial charge in [0.1, 0.15) is 11.5 Å². The van der Waals surface area contributed by atoms with Crippen LogP contribution in [0, 0.1) is 5.92 Å². The number of anilines is 1. The number of methoxy groups -OCH3 is 1. The number of piperidine rings is 1. The molecule has 0 spiro atoms. The van der Waals surface area contributed by atoms with Gasteiger partial charge < -0.3 is 19.8 Å². The molecule has 1 aliphatic rings. The van der Waals surface area contributed by atoms with E-state index >= 15 is 0 Å². The minimum absolute atomic E-state index is 0.0464. The summed E-state index contributed by atoms with van der Waals surface area (Å²) in [4.78, 5) is 14.4. The zero-order chi connectivity index (χ0) is 16.4. The summed E-state index contributed by atoms with van der Waals surface area (Å²) in [6.45, 7) is 3.76. The number of nitrogen functional groups attached to an aromatic ring is 1. The van der Waals surface area contributed by atoms with Crippen LogP contribution in [-0.4, -0.2) is 31.0 Å². The molecule has 5 nitrogen and oxygen atoms in total. The smallest absolute Gasteiger partial charge is 0.289 e. The highest BCUT2D eigenvalue weighted by molar-refractivity contribution is 5.92. The van der Waals surface area contributed by atoms with Crippen LogP contribution in [0.15, 0.2) is 34.7 Å². The van der Waals surface area contributed by atoms with Crippen LogP contribution in [0.4, 0.5) is 5.69 Å². The zero-order valence-corrected chi connectivity index (χ0v) is 13.5. The van der Waals surface area contributed by atoms with Crippen LogP contribution in [0.3, 0.4) is 0 Å². The molecule has 1 fully saturated rings. The average Bonchev–Trinajstić information content (AvgIpc) is 3.03. The van der Waals surface area contributed by atoms with Crippen molar-refractivity contribution in [3.8, 4) is 17.1 Å². The minimum atomic E-state index is -0.0464. The molecule has 2 aromatic rings. The van der Waals surface area contributed by atoms with Crippen molar-refractivity contribution in [2.75, 3.05) is 25.9 Å². The Morgan fingerprint density at radius 2 is 2.17 bits per heavy atom. The number of furan rings is 1. The second-order valence-electron chi connectivity index (χ2n) is 6.12. The molecule has 1 aromatic heterocycles. The van der Waals surface area contributed by atoms with Crippen molar-refractivity contribution < 1.29 is 13.9 Å². The molecule has 122 valence electrons. The van der Waals surface area contributed by atoms with Gasteiger partial charge in [-0.25, -0.2) is 0 Å². The van der Waals surface area contributed by atoms with Crippen molar-refractivity contribution in [3.05, 3.63) is 36.1 Å². The van der Waals surface area contributed by atoms with E-state index in [1.807, 2.05) is 17.0 Å². The van der Waals surface area contributed by atoms with Crippen molar-refractivity contribution in [1.29, 1.82) is 0 Å². The van der Waals surface area contributed by atoms with Crippen LogP contribution in [-0.2, 0) is 0 Å². The fraction of sp³-hybridized carbons (Fsp3) is 0.389. The standard InChI is InChI=1S/C18H22N2O3/c1-12-4-3-9-20(11-12)18(21)17-8-7-16(23-17)14-6-5-13(22-2)10-15(14)19/h5-8,10,12H,3-4,9,11,19H2,1-2H3/t12-/m0/s1. The summed E-state index contributed by atoms with van der Waals surface area (Å²) >= 11 is 0. The Morgan fingerprint density at radius 1 is 1.35 bits per heavy atom. The summed E-state index contributed by atoms with van der Waals surface area (Å²) in [5, 5.41) is 0. The number of amides is 1. The van der Waals surface area contributed by atoms with Gasteiger partial charge in [0, 0.05) is 30.4 Å². The molecule has 0 unspecified atom stereocenters. The van der Waals surface area contributed by atoms with Crippen LogP contribution >= 0.6 is 0 Å². The Hall–Kier alpha value is -2.43. The predicted molar refractivity (Wildman–Crippen MR) is 89.4 cm³/mol. The van der Waals surface area contributed by atoms with Gasteiger partial charge in [0.15, 0.2) is 5.76 Å². The number of hydrogen-bond acceptors (Lipinski definition) is 4. The monoisotopic (exact) mass is 314 g/mol. The van der Waals surface area contributed by atoms with Crippen molar-refractivity contribution >= 4 is 11.6 Å². The van der Waals surface area contributed by atoms with E-state index in [1.54, 1.807) is 25.3 Å². The van der Waals surface area contributed by atoms with Gasteiger partial charge in [-0.15, -0.1) is 0 Å². The fourth-order valence-corrected chi connectivity index (χ4v) is 3.02. The largest absolute Gasteiger partial charge is 0.497 e. The topological polar surface area (TPSA) is 68.7 Å². The van der Waals surface area contributed by atoms with Gasteiger partial charge in [-0.05, 0) is 43.0 Å². The Balaban J connectivity index is 1.81. The predicted octanol–water partition coefficient (Wildman–Crippen LogP) is 3.41. The first-order valence-electron chi connectivity index (χ1n) is 7.91. The molecule has 1 amide bonds. The van der Waals surface area contributed by atoms with E-state index in [-0.39, 0.29) is 5.91 Å². The Bertz CT molecular complexity index is 708. The molecule has 0 saturated carbocycles. The average molecular weight is 314 g/mol. The van der Waals surface area contributed by atoms with Gasteiger partial charge in [-0.2, -0.15) is 0 Å². The molecule has 1 atom stereocenters. The third kappa shape index (κ3) is 3.18. The number of nitrogens with zero attached hydrogens (tertiary/aromatic N) is 1. The highest BCUT2D eigenvalue weighted by Crippen LogP contribution is 2.31. The maximum absolute atomic E-state index is 12.6. The Morgan fingerprint density at radius 3 is 2.87 bits per heavy atom. The number of hydrogen-bond donors (Lipinski definition) is 1. The van der Waals surface area contributed by atoms with Crippen molar-refractivity contribution in [3.63, 3.8) is 0 Å². The maximum atomic E-state index is 12.6. The Kier molecular flexibility index (Phi) is 4.28. The first-order valence-corrected chi connectivity index (χ1v) is 7.91. The van der Waals surface area contributed by atoms with Crippen molar-refractivity contribution in [1.82, 2.24) is 4.90 Å². The van der Waals surface area contributed by atoms with E-state index in [1.165, 1.54) is 6.42 Å². The van der Waals surface area contributed by atoms with Crippen molar-refractivity contribution in [2.24, 2.45) is 5.92 Å². The normalized spacial score (nSPS) is 18.0. The second-order valence-corrected chi connectivity index (χ2v) is 6.12.